The number of fused-ring (bicyclic) bond motifs is 5. The third kappa shape index (κ3) is 6.59. The number of hydrogen-bond acceptors (Lipinski definition) is 7. The fraction of sp³-hybridized carbons (Fsp3) is 0.548. The van der Waals surface area contributed by atoms with Crippen LogP contribution in [0.5, 0.6) is 11.5 Å². The number of nitrogens with one attached hydrogen (secondary N) is 2. The molecule has 0 unspecified atom stereocenters. The van der Waals surface area contributed by atoms with Crippen molar-refractivity contribution < 1.29 is 28.9 Å². The van der Waals surface area contributed by atoms with Gasteiger partial charge in [-0.15, -0.1) is 0 Å². The van der Waals surface area contributed by atoms with Crippen molar-refractivity contribution in [2.75, 3.05) is 26.8 Å². The van der Waals surface area contributed by atoms with E-state index >= 15 is 0 Å². The summed E-state index contributed by atoms with van der Waals surface area (Å²) in [7, 11) is 1.63. The van der Waals surface area contributed by atoms with Gasteiger partial charge in [0.1, 0.15) is 17.6 Å². The molecule has 3 heterocycles. The zero-order valence-corrected chi connectivity index (χ0v) is 23.6. The fourth-order valence-electron chi connectivity index (χ4n) is 5.85. The molecule has 3 N–H and O–H groups in total. The normalized spacial score (nSPS) is 27.9. The van der Waals surface area contributed by atoms with E-state index in [0.29, 0.717) is 62.6 Å². The Labute approximate surface area is 236 Å². The molecule has 9 heteroatoms. The van der Waals surface area contributed by atoms with Crippen LogP contribution in [0.25, 0.3) is 0 Å². The highest BCUT2D eigenvalue weighted by atomic mass is 16.5. The zero-order valence-electron chi connectivity index (χ0n) is 23.6. The minimum absolute atomic E-state index is 0.0915. The second kappa shape index (κ2) is 12.6. The van der Waals surface area contributed by atoms with E-state index in [2.05, 4.69) is 29.4 Å². The third-order valence-electron chi connectivity index (χ3n) is 8.26. The first-order chi connectivity index (χ1) is 19.3. The van der Waals surface area contributed by atoms with Gasteiger partial charge in [0.15, 0.2) is 0 Å². The van der Waals surface area contributed by atoms with Crippen molar-refractivity contribution in [3.63, 3.8) is 0 Å². The van der Waals surface area contributed by atoms with Crippen molar-refractivity contribution >= 4 is 11.8 Å². The molecular weight excluding hydrogens is 510 g/mol. The van der Waals surface area contributed by atoms with E-state index < -0.39 is 18.2 Å². The largest absolute Gasteiger partial charge is 0.497 e. The molecule has 216 valence electrons. The molecule has 2 aromatic rings. The summed E-state index contributed by atoms with van der Waals surface area (Å²) in [5, 5.41) is 16.8. The minimum Gasteiger partial charge on any atom is -0.497 e. The summed E-state index contributed by atoms with van der Waals surface area (Å²) in [4.78, 5) is 29.1. The molecule has 2 saturated heterocycles. The number of rotatable bonds is 4. The van der Waals surface area contributed by atoms with Crippen molar-refractivity contribution in [1.82, 2.24) is 15.5 Å². The number of amides is 2. The van der Waals surface area contributed by atoms with Gasteiger partial charge in [-0.05, 0) is 60.6 Å². The summed E-state index contributed by atoms with van der Waals surface area (Å²) in [6, 6.07) is 12.9. The minimum atomic E-state index is -0.628. The van der Waals surface area contributed by atoms with Gasteiger partial charge in [-0.25, -0.2) is 0 Å². The van der Waals surface area contributed by atoms with Gasteiger partial charge in [-0.1, -0.05) is 32.0 Å². The highest BCUT2D eigenvalue weighted by Crippen LogP contribution is 2.29. The molecule has 2 fully saturated rings. The predicted octanol–water partition coefficient (Wildman–Crippen LogP) is 3.00. The molecule has 5 rings (SSSR count). The number of aliphatic hydroxyl groups excluding tert-OH is 1. The predicted molar refractivity (Wildman–Crippen MR) is 151 cm³/mol. The summed E-state index contributed by atoms with van der Waals surface area (Å²) < 4.78 is 17.7. The molecule has 0 aromatic heterocycles. The molecule has 3 aliphatic heterocycles. The van der Waals surface area contributed by atoms with Crippen molar-refractivity contribution in [3.8, 4) is 11.5 Å². The zero-order chi connectivity index (χ0) is 28.2. The smallest absolute Gasteiger partial charge is 0.255 e. The summed E-state index contributed by atoms with van der Waals surface area (Å²) in [5.74, 6) is 1.30. The van der Waals surface area contributed by atoms with E-state index in [-0.39, 0.29) is 30.5 Å². The van der Waals surface area contributed by atoms with Crippen LogP contribution in [0, 0.1) is 0 Å². The lowest BCUT2D eigenvalue weighted by Crippen LogP contribution is -2.50. The maximum atomic E-state index is 13.5. The van der Waals surface area contributed by atoms with Crippen LogP contribution < -0.4 is 20.1 Å². The molecule has 4 bridgehead atoms. The first kappa shape index (κ1) is 28.4. The molecule has 2 aromatic carbocycles. The van der Waals surface area contributed by atoms with Gasteiger partial charge in [0.2, 0.25) is 5.91 Å². The summed E-state index contributed by atoms with van der Waals surface area (Å²) >= 11 is 0. The topological polar surface area (TPSA) is 109 Å². The van der Waals surface area contributed by atoms with Crippen molar-refractivity contribution in [1.29, 1.82) is 0 Å². The number of carbonyl (C=O) groups is 2. The lowest BCUT2D eigenvalue weighted by Gasteiger charge is -2.34. The van der Waals surface area contributed by atoms with E-state index in [1.54, 1.807) is 7.11 Å². The van der Waals surface area contributed by atoms with Gasteiger partial charge in [-0.3, -0.25) is 14.5 Å². The molecule has 0 spiro atoms. The molecular formula is C31H41N3O6. The standard InChI is InChI=1S/C31H41N3O6/c1-19(2)21-6-10-25-28(14-21)39-13-12-24-9-11-27(35)29(40-24)16-32-31(37)26-15-22(33-30(25)36)18-34(26)17-20-4-7-23(38-3)8-5-20/h4-8,10,14,19,22,24,26-27,29,35H,9,11-13,15-18H2,1-3H3,(H,32,37)(H,33,36)/t22-,24-,26-,27-,29+/m0/s1. The maximum Gasteiger partial charge on any atom is 0.255 e. The monoisotopic (exact) mass is 551 g/mol. The van der Waals surface area contributed by atoms with Crippen LogP contribution in [-0.4, -0.2) is 79.0 Å². The van der Waals surface area contributed by atoms with E-state index in [1.807, 2.05) is 42.5 Å². The Morgan fingerprint density at radius 3 is 2.65 bits per heavy atom. The number of likely N-dealkylation sites (tertiary alicyclic amines) is 1. The maximum absolute atomic E-state index is 13.5. The second-order valence-corrected chi connectivity index (χ2v) is 11.4. The Hall–Kier alpha value is -3.14. The van der Waals surface area contributed by atoms with Crippen LogP contribution >= 0.6 is 0 Å². The Bertz CT molecular complexity index is 1190. The van der Waals surface area contributed by atoms with Crippen LogP contribution in [0.3, 0.4) is 0 Å². The molecule has 0 aliphatic carbocycles. The molecule has 2 amide bonds. The number of benzene rings is 2. The van der Waals surface area contributed by atoms with Crippen LogP contribution in [0.1, 0.15) is 66.9 Å². The Morgan fingerprint density at radius 2 is 1.90 bits per heavy atom. The number of methoxy groups -OCH3 is 1. The van der Waals surface area contributed by atoms with E-state index in [4.69, 9.17) is 14.2 Å². The lowest BCUT2D eigenvalue weighted by atomic mass is 9.99. The van der Waals surface area contributed by atoms with E-state index in [0.717, 1.165) is 16.9 Å². The Morgan fingerprint density at radius 1 is 1.10 bits per heavy atom. The van der Waals surface area contributed by atoms with Crippen LogP contribution in [-0.2, 0) is 16.1 Å². The van der Waals surface area contributed by atoms with Crippen molar-refractivity contribution in [2.24, 2.45) is 0 Å². The molecule has 9 nitrogen and oxygen atoms in total. The number of aliphatic hydroxyl groups is 1. The highest BCUT2D eigenvalue weighted by molar-refractivity contribution is 5.97. The molecule has 0 saturated carbocycles. The van der Waals surface area contributed by atoms with E-state index in [1.165, 1.54) is 0 Å². The number of carbonyl (C=O) groups excluding carboxylic acids is 2. The van der Waals surface area contributed by atoms with Crippen LogP contribution in [0.4, 0.5) is 0 Å². The van der Waals surface area contributed by atoms with Crippen LogP contribution in [0.2, 0.25) is 0 Å². The first-order valence-electron chi connectivity index (χ1n) is 14.4. The van der Waals surface area contributed by atoms with Gasteiger partial charge in [-0.2, -0.15) is 0 Å². The average molecular weight is 552 g/mol. The molecule has 5 atom stereocenters. The Balaban J connectivity index is 1.41. The van der Waals surface area contributed by atoms with Gasteiger partial charge in [0.05, 0.1) is 37.5 Å². The van der Waals surface area contributed by atoms with Crippen molar-refractivity contribution in [3.05, 3.63) is 59.2 Å². The SMILES string of the molecule is COc1ccc(CN2C[C@@H]3C[C@H]2C(=O)NC[C@H]2O[C@H](CCOc4cc(C(C)C)ccc4C(=O)N3)CC[C@@H]2O)cc1. The number of ether oxygens (including phenoxy) is 3. The van der Waals surface area contributed by atoms with Crippen molar-refractivity contribution in [2.45, 2.75) is 82.4 Å². The van der Waals surface area contributed by atoms with Gasteiger partial charge >= 0.3 is 0 Å². The third-order valence-corrected chi connectivity index (χ3v) is 8.26. The molecule has 3 aliphatic rings. The van der Waals surface area contributed by atoms with Gasteiger partial charge in [0.25, 0.3) is 5.91 Å². The second-order valence-electron chi connectivity index (χ2n) is 11.4. The highest BCUT2D eigenvalue weighted by Gasteiger charge is 2.39. The quantitative estimate of drug-likeness (QED) is 0.536. The first-order valence-corrected chi connectivity index (χ1v) is 14.4. The van der Waals surface area contributed by atoms with Gasteiger partial charge in [0, 0.05) is 32.1 Å². The molecule has 40 heavy (non-hydrogen) atoms. The summed E-state index contributed by atoms with van der Waals surface area (Å²) in [5.41, 5.74) is 2.63. The number of hydrogen-bond donors (Lipinski definition) is 3. The van der Waals surface area contributed by atoms with E-state index in [9.17, 15) is 14.7 Å². The lowest BCUT2D eigenvalue weighted by molar-refractivity contribution is -0.133. The Kier molecular flexibility index (Phi) is 8.93. The fourth-order valence-corrected chi connectivity index (χ4v) is 5.85. The number of nitrogens with zero attached hydrogens (tertiary/aromatic N) is 1. The molecule has 0 radical (unpaired) electrons. The summed E-state index contributed by atoms with van der Waals surface area (Å²) in [6.45, 7) is 5.93. The van der Waals surface area contributed by atoms with Gasteiger partial charge < -0.3 is 30.0 Å². The average Bonchev–Trinajstić information content (AvgIpc) is 3.34. The summed E-state index contributed by atoms with van der Waals surface area (Å²) in [6.07, 6.45) is 1.24. The van der Waals surface area contributed by atoms with Crippen LogP contribution in [0.15, 0.2) is 42.5 Å².